The average molecular weight is 278 g/mol. The van der Waals surface area contributed by atoms with Crippen LogP contribution in [0.1, 0.15) is 51.4 Å². The number of piperidine rings is 1. The highest BCUT2D eigenvalue weighted by Gasteiger charge is 2.42. The molecule has 0 spiro atoms. The van der Waals surface area contributed by atoms with Crippen molar-refractivity contribution in [3.63, 3.8) is 0 Å². The third kappa shape index (κ3) is 4.09. The molecule has 2 N–H and O–H groups in total. The summed E-state index contributed by atoms with van der Waals surface area (Å²) in [4.78, 5) is 2.22. The van der Waals surface area contributed by atoms with Gasteiger partial charge in [0.05, 0.1) is 5.92 Å². The zero-order valence-electron chi connectivity index (χ0n) is 11.5. The van der Waals surface area contributed by atoms with E-state index in [1.54, 1.807) is 0 Å². The van der Waals surface area contributed by atoms with E-state index in [1.807, 2.05) is 0 Å². The van der Waals surface area contributed by atoms with Gasteiger partial charge in [-0.25, -0.2) is 0 Å². The highest BCUT2D eigenvalue weighted by atomic mass is 19.4. The number of likely N-dealkylation sites (tertiary alicyclic amines) is 1. The minimum atomic E-state index is -4.02. The Morgan fingerprint density at radius 1 is 0.842 bits per heavy atom. The molecule has 0 bridgehead atoms. The predicted octanol–water partition coefficient (Wildman–Crippen LogP) is 3.31. The van der Waals surface area contributed by atoms with Crippen LogP contribution in [0.15, 0.2) is 0 Å². The third-order valence-electron chi connectivity index (χ3n) is 4.74. The van der Waals surface area contributed by atoms with Gasteiger partial charge in [0, 0.05) is 12.1 Å². The monoisotopic (exact) mass is 278 g/mol. The van der Waals surface area contributed by atoms with Crippen LogP contribution in [0.4, 0.5) is 13.2 Å². The quantitative estimate of drug-likeness (QED) is 0.797. The smallest absolute Gasteiger partial charge is 0.326 e. The van der Waals surface area contributed by atoms with E-state index in [-0.39, 0.29) is 18.9 Å². The maximum Gasteiger partial charge on any atom is 0.391 e. The van der Waals surface area contributed by atoms with Crippen LogP contribution in [0, 0.1) is 5.92 Å². The first-order valence-corrected chi connectivity index (χ1v) is 7.55. The van der Waals surface area contributed by atoms with Crippen molar-refractivity contribution in [2.75, 3.05) is 13.1 Å². The van der Waals surface area contributed by atoms with Crippen LogP contribution in [0.3, 0.4) is 0 Å². The Hall–Kier alpha value is -0.290. The van der Waals surface area contributed by atoms with E-state index in [2.05, 4.69) is 4.90 Å². The fourth-order valence-electron chi connectivity index (χ4n) is 3.51. The molecular formula is C14H25F3N2. The first kappa shape index (κ1) is 15.1. The van der Waals surface area contributed by atoms with Gasteiger partial charge in [-0.3, -0.25) is 4.90 Å². The molecule has 0 aromatic heterocycles. The lowest BCUT2D eigenvalue weighted by Crippen LogP contribution is -2.52. The SMILES string of the molecule is NC1CCCCCCC1N1CCC(C(F)(F)F)CC1. The fourth-order valence-corrected chi connectivity index (χ4v) is 3.51. The van der Waals surface area contributed by atoms with Crippen LogP contribution in [0.25, 0.3) is 0 Å². The molecule has 112 valence electrons. The molecule has 1 aliphatic carbocycles. The molecule has 2 atom stereocenters. The maximum atomic E-state index is 12.7. The zero-order chi connectivity index (χ0) is 13.9. The van der Waals surface area contributed by atoms with Crippen molar-refractivity contribution in [3.8, 4) is 0 Å². The Kier molecular flexibility index (Phi) is 5.12. The molecule has 1 aliphatic heterocycles. The molecule has 2 rings (SSSR count). The predicted molar refractivity (Wildman–Crippen MR) is 69.8 cm³/mol. The van der Waals surface area contributed by atoms with Crippen molar-refractivity contribution in [1.29, 1.82) is 0 Å². The highest BCUT2D eigenvalue weighted by Crippen LogP contribution is 2.35. The van der Waals surface area contributed by atoms with Crippen molar-refractivity contribution < 1.29 is 13.2 Å². The van der Waals surface area contributed by atoms with Gasteiger partial charge >= 0.3 is 6.18 Å². The second kappa shape index (κ2) is 6.44. The molecule has 0 aromatic carbocycles. The summed E-state index contributed by atoms with van der Waals surface area (Å²) in [6, 6.07) is 0.442. The van der Waals surface area contributed by atoms with Gasteiger partial charge in [-0.15, -0.1) is 0 Å². The van der Waals surface area contributed by atoms with Crippen LogP contribution >= 0.6 is 0 Å². The molecule has 2 aliphatic rings. The van der Waals surface area contributed by atoms with Gasteiger partial charge in [0.1, 0.15) is 0 Å². The van der Waals surface area contributed by atoms with E-state index in [1.165, 1.54) is 12.8 Å². The summed E-state index contributed by atoms with van der Waals surface area (Å²) in [6.45, 7) is 1.12. The number of hydrogen-bond donors (Lipinski definition) is 1. The van der Waals surface area contributed by atoms with Gasteiger partial charge in [0.25, 0.3) is 0 Å². The topological polar surface area (TPSA) is 29.3 Å². The zero-order valence-corrected chi connectivity index (χ0v) is 11.5. The standard InChI is InChI=1S/C14H25F3N2/c15-14(16,17)11-7-9-19(10-8-11)13-6-4-2-1-3-5-12(13)18/h11-13H,1-10,18H2. The van der Waals surface area contributed by atoms with Gasteiger partial charge in [0.15, 0.2) is 0 Å². The Bertz CT molecular complexity index is 272. The lowest BCUT2D eigenvalue weighted by molar-refractivity contribution is -0.186. The summed E-state index contributed by atoms with van der Waals surface area (Å²) in [5.41, 5.74) is 6.24. The van der Waals surface area contributed by atoms with Gasteiger partial charge < -0.3 is 5.73 Å². The van der Waals surface area contributed by atoms with Crippen LogP contribution < -0.4 is 5.73 Å². The van der Waals surface area contributed by atoms with Crippen molar-refractivity contribution >= 4 is 0 Å². The van der Waals surface area contributed by atoms with Gasteiger partial charge in [-0.1, -0.05) is 25.7 Å². The maximum absolute atomic E-state index is 12.7. The molecule has 19 heavy (non-hydrogen) atoms. The molecule has 5 heteroatoms. The number of hydrogen-bond acceptors (Lipinski definition) is 2. The summed E-state index contributed by atoms with van der Waals surface area (Å²) >= 11 is 0. The molecule has 2 nitrogen and oxygen atoms in total. The summed E-state index contributed by atoms with van der Waals surface area (Å²) in [5, 5.41) is 0. The average Bonchev–Trinajstić information content (AvgIpc) is 2.34. The Labute approximate surface area is 113 Å². The normalized spacial score (nSPS) is 32.8. The van der Waals surface area contributed by atoms with E-state index in [9.17, 15) is 13.2 Å². The second-order valence-electron chi connectivity index (χ2n) is 6.07. The van der Waals surface area contributed by atoms with E-state index in [0.29, 0.717) is 19.1 Å². The Morgan fingerprint density at radius 2 is 1.42 bits per heavy atom. The first-order valence-electron chi connectivity index (χ1n) is 7.55. The summed E-state index contributed by atoms with van der Waals surface area (Å²) in [5.74, 6) is -1.10. The molecule has 2 unspecified atom stereocenters. The lowest BCUT2D eigenvalue weighted by atomic mass is 9.88. The molecule has 1 saturated carbocycles. The molecule has 0 amide bonds. The number of alkyl halides is 3. The minimum absolute atomic E-state index is 0.141. The number of halogens is 3. The largest absolute Gasteiger partial charge is 0.391 e. The summed E-state index contributed by atoms with van der Waals surface area (Å²) < 4.78 is 38.0. The number of rotatable bonds is 1. The molecule has 0 radical (unpaired) electrons. The lowest BCUT2D eigenvalue weighted by Gasteiger charge is -2.41. The van der Waals surface area contributed by atoms with E-state index in [0.717, 1.165) is 25.7 Å². The Balaban J connectivity index is 1.88. The van der Waals surface area contributed by atoms with Crippen molar-refractivity contribution in [3.05, 3.63) is 0 Å². The van der Waals surface area contributed by atoms with Gasteiger partial charge in [-0.05, 0) is 38.8 Å². The summed E-state index contributed by atoms with van der Waals surface area (Å²) in [7, 11) is 0. The fraction of sp³-hybridized carbons (Fsp3) is 1.00. The van der Waals surface area contributed by atoms with Crippen LogP contribution in [-0.2, 0) is 0 Å². The van der Waals surface area contributed by atoms with E-state index in [4.69, 9.17) is 5.73 Å². The second-order valence-corrected chi connectivity index (χ2v) is 6.07. The molecule has 1 heterocycles. The molecular weight excluding hydrogens is 253 g/mol. The third-order valence-corrected chi connectivity index (χ3v) is 4.74. The van der Waals surface area contributed by atoms with Gasteiger partial charge in [0.2, 0.25) is 0 Å². The molecule has 1 saturated heterocycles. The van der Waals surface area contributed by atoms with Crippen molar-refractivity contribution in [2.24, 2.45) is 11.7 Å². The van der Waals surface area contributed by atoms with E-state index < -0.39 is 12.1 Å². The minimum Gasteiger partial charge on any atom is -0.326 e. The van der Waals surface area contributed by atoms with Crippen molar-refractivity contribution in [2.45, 2.75) is 69.6 Å². The Morgan fingerprint density at radius 3 is 2.00 bits per heavy atom. The van der Waals surface area contributed by atoms with Crippen LogP contribution in [0.2, 0.25) is 0 Å². The van der Waals surface area contributed by atoms with Crippen LogP contribution in [0.5, 0.6) is 0 Å². The van der Waals surface area contributed by atoms with Crippen LogP contribution in [-0.4, -0.2) is 36.2 Å². The van der Waals surface area contributed by atoms with E-state index >= 15 is 0 Å². The van der Waals surface area contributed by atoms with Gasteiger partial charge in [-0.2, -0.15) is 13.2 Å². The molecule has 2 fully saturated rings. The molecule has 0 aromatic rings. The first-order chi connectivity index (χ1) is 8.98. The summed E-state index contributed by atoms with van der Waals surface area (Å²) in [6.07, 6.45) is 3.35. The number of nitrogens with zero attached hydrogens (tertiary/aromatic N) is 1. The van der Waals surface area contributed by atoms with Crippen molar-refractivity contribution in [1.82, 2.24) is 4.90 Å². The highest BCUT2D eigenvalue weighted by molar-refractivity contribution is 4.87. The number of nitrogens with two attached hydrogens (primary N) is 1.